The third-order valence-electron chi connectivity index (χ3n) is 4.34. The number of carbonyl (C=O) groups is 2. The van der Waals surface area contributed by atoms with Gasteiger partial charge in [-0.3, -0.25) is 9.59 Å². The Hall–Kier alpha value is -2.37. The van der Waals surface area contributed by atoms with E-state index in [1.54, 1.807) is 28.0 Å². The highest BCUT2D eigenvalue weighted by molar-refractivity contribution is 5.98. The van der Waals surface area contributed by atoms with Crippen molar-refractivity contribution in [3.8, 4) is 0 Å². The maximum Gasteiger partial charge on any atom is 0.270 e. The minimum Gasteiger partial charge on any atom is -0.350 e. The van der Waals surface area contributed by atoms with Gasteiger partial charge in [0.05, 0.1) is 0 Å². The SMILES string of the molecule is CC(C)(C)C(=O)N1CCN(C(=O)c2cc3c(F)cccc3[nH]2)CC1. The standard InChI is InChI=1S/C18H22FN3O2/c1-18(2,3)17(24)22-9-7-21(8-10-22)16(23)15-11-12-13(19)5-4-6-14(12)20-15/h4-6,11,20H,7-10H2,1-3H3. The molecule has 0 bridgehead atoms. The molecule has 2 heterocycles. The number of piperazine rings is 1. The van der Waals surface area contributed by atoms with Gasteiger partial charge in [-0.25, -0.2) is 4.39 Å². The molecular formula is C18H22FN3O2. The maximum atomic E-state index is 13.8. The lowest BCUT2D eigenvalue weighted by Crippen LogP contribution is -2.53. The lowest BCUT2D eigenvalue weighted by atomic mass is 9.94. The van der Waals surface area contributed by atoms with Crippen LogP contribution in [0.5, 0.6) is 0 Å². The van der Waals surface area contributed by atoms with Crippen LogP contribution in [-0.4, -0.2) is 52.8 Å². The Kier molecular flexibility index (Phi) is 4.07. The number of benzene rings is 1. The Morgan fingerprint density at radius 3 is 2.29 bits per heavy atom. The highest BCUT2D eigenvalue weighted by atomic mass is 19.1. The predicted molar refractivity (Wildman–Crippen MR) is 90.2 cm³/mol. The number of nitrogens with zero attached hydrogens (tertiary/aromatic N) is 2. The summed E-state index contributed by atoms with van der Waals surface area (Å²) in [4.78, 5) is 31.4. The molecule has 1 N–H and O–H groups in total. The summed E-state index contributed by atoms with van der Waals surface area (Å²) < 4.78 is 13.8. The van der Waals surface area contributed by atoms with Gasteiger partial charge in [-0.05, 0) is 18.2 Å². The molecule has 1 fully saturated rings. The highest BCUT2D eigenvalue weighted by Crippen LogP contribution is 2.21. The Morgan fingerprint density at radius 1 is 1.08 bits per heavy atom. The number of carbonyl (C=O) groups excluding carboxylic acids is 2. The number of nitrogens with one attached hydrogen (secondary N) is 1. The summed E-state index contributed by atoms with van der Waals surface area (Å²) in [5.41, 5.74) is 0.576. The molecule has 5 nitrogen and oxygen atoms in total. The molecule has 0 radical (unpaired) electrons. The minimum absolute atomic E-state index is 0.0993. The fourth-order valence-corrected chi connectivity index (χ4v) is 2.99. The van der Waals surface area contributed by atoms with Crippen molar-refractivity contribution < 1.29 is 14.0 Å². The van der Waals surface area contributed by atoms with Crippen molar-refractivity contribution in [2.75, 3.05) is 26.2 Å². The molecule has 1 aromatic carbocycles. The summed E-state index contributed by atoms with van der Waals surface area (Å²) in [5, 5.41) is 0.419. The number of amides is 2. The van der Waals surface area contributed by atoms with E-state index in [9.17, 15) is 14.0 Å². The number of aromatic nitrogens is 1. The van der Waals surface area contributed by atoms with Crippen LogP contribution in [0.3, 0.4) is 0 Å². The molecule has 0 unspecified atom stereocenters. The molecule has 1 aromatic heterocycles. The summed E-state index contributed by atoms with van der Waals surface area (Å²) >= 11 is 0. The van der Waals surface area contributed by atoms with Gasteiger partial charge in [0.2, 0.25) is 5.91 Å². The first-order valence-electron chi connectivity index (χ1n) is 8.13. The van der Waals surface area contributed by atoms with Crippen molar-refractivity contribution >= 4 is 22.7 Å². The quantitative estimate of drug-likeness (QED) is 0.873. The van der Waals surface area contributed by atoms with Crippen molar-refractivity contribution in [2.45, 2.75) is 20.8 Å². The Balaban J connectivity index is 1.71. The fourth-order valence-electron chi connectivity index (χ4n) is 2.99. The van der Waals surface area contributed by atoms with E-state index >= 15 is 0 Å². The first kappa shape index (κ1) is 16.5. The molecule has 6 heteroatoms. The average molecular weight is 331 g/mol. The molecule has 1 aliphatic heterocycles. The van der Waals surface area contributed by atoms with Crippen molar-refractivity contribution in [3.63, 3.8) is 0 Å². The minimum atomic E-state index is -0.416. The summed E-state index contributed by atoms with van der Waals surface area (Å²) in [6.07, 6.45) is 0. The number of hydrogen-bond acceptors (Lipinski definition) is 2. The smallest absolute Gasteiger partial charge is 0.270 e. The zero-order valence-electron chi connectivity index (χ0n) is 14.2. The Morgan fingerprint density at radius 2 is 1.71 bits per heavy atom. The van der Waals surface area contributed by atoms with Gasteiger partial charge in [-0.2, -0.15) is 0 Å². The Bertz CT molecular complexity index is 783. The van der Waals surface area contributed by atoms with Crippen LogP contribution in [-0.2, 0) is 4.79 Å². The van der Waals surface area contributed by atoms with E-state index in [4.69, 9.17) is 0 Å². The average Bonchev–Trinajstić information content (AvgIpc) is 2.98. The lowest BCUT2D eigenvalue weighted by Gasteiger charge is -2.37. The highest BCUT2D eigenvalue weighted by Gasteiger charge is 2.31. The van der Waals surface area contributed by atoms with Gasteiger partial charge in [0, 0.05) is 42.5 Å². The van der Waals surface area contributed by atoms with Crippen LogP contribution in [0.1, 0.15) is 31.3 Å². The largest absolute Gasteiger partial charge is 0.350 e. The van der Waals surface area contributed by atoms with Gasteiger partial charge >= 0.3 is 0 Å². The summed E-state index contributed by atoms with van der Waals surface area (Å²) in [7, 11) is 0. The van der Waals surface area contributed by atoms with E-state index in [1.165, 1.54) is 6.07 Å². The molecule has 1 aliphatic rings. The number of H-pyrrole nitrogens is 1. The van der Waals surface area contributed by atoms with Crippen LogP contribution in [0.25, 0.3) is 10.9 Å². The van der Waals surface area contributed by atoms with Crippen molar-refractivity contribution in [1.82, 2.24) is 14.8 Å². The number of fused-ring (bicyclic) bond motifs is 1. The molecule has 0 spiro atoms. The van der Waals surface area contributed by atoms with Crippen LogP contribution in [0, 0.1) is 11.2 Å². The number of hydrogen-bond donors (Lipinski definition) is 1. The summed E-state index contributed by atoms with van der Waals surface area (Å²) in [6.45, 7) is 7.70. The van der Waals surface area contributed by atoms with Crippen LogP contribution in [0.15, 0.2) is 24.3 Å². The fraction of sp³-hybridized carbons (Fsp3) is 0.444. The number of rotatable bonds is 1. The van der Waals surface area contributed by atoms with Crippen LogP contribution in [0.2, 0.25) is 0 Å². The van der Waals surface area contributed by atoms with E-state index in [0.29, 0.717) is 42.8 Å². The second kappa shape index (κ2) is 5.92. The summed E-state index contributed by atoms with van der Waals surface area (Å²) in [6, 6.07) is 6.29. The lowest BCUT2D eigenvalue weighted by molar-refractivity contribution is -0.140. The van der Waals surface area contributed by atoms with E-state index in [0.717, 1.165) is 0 Å². The second-order valence-corrected chi connectivity index (χ2v) is 7.22. The van der Waals surface area contributed by atoms with Crippen LogP contribution >= 0.6 is 0 Å². The van der Waals surface area contributed by atoms with Gasteiger partial charge < -0.3 is 14.8 Å². The molecule has 0 saturated carbocycles. The van der Waals surface area contributed by atoms with Crippen molar-refractivity contribution in [3.05, 3.63) is 35.8 Å². The molecule has 128 valence electrons. The van der Waals surface area contributed by atoms with E-state index < -0.39 is 5.41 Å². The first-order chi connectivity index (χ1) is 11.3. The molecule has 1 saturated heterocycles. The predicted octanol–water partition coefficient (Wildman–Crippen LogP) is 2.64. The van der Waals surface area contributed by atoms with Crippen molar-refractivity contribution in [1.29, 1.82) is 0 Å². The van der Waals surface area contributed by atoms with Crippen LogP contribution in [0.4, 0.5) is 4.39 Å². The van der Waals surface area contributed by atoms with Crippen molar-refractivity contribution in [2.24, 2.45) is 5.41 Å². The third kappa shape index (κ3) is 3.00. The molecule has 2 aromatic rings. The van der Waals surface area contributed by atoms with Crippen LogP contribution < -0.4 is 0 Å². The van der Waals surface area contributed by atoms with Gasteiger partial charge in [0.15, 0.2) is 0 Å². The van der Waals surface area contributed by atoms with Gasteiger partial charge in [0.1, 0.15) is 11.5 Å². The van der Waals surface area contributed by atoms with Gasteiger partial charge in [0.25, 0.3) is 5.91 Å². The zero-order chi connectivity index (χ0) is 17.5. The maximum absolute atomic E-state index is 13.8. The van der Waals surface area contributed by atoms with Gasteiger partial charge in [-0.1, -0.05) is 26.8 Å². The molecule has 0 atom stereocenters. The first-order valence-corrected chi connectivity index (χ1v) is 8.13. The van der Waals surface area contributed by atoms with E-state index in [1.807, 2.05) is 20.8 Å². The van der Waals surface area contributed by atoms with Gasteiger partial charge in [-0.15, -0.1) is 0 Å². The van der Waals surface area contributed by atoms with E-state index in [2.05, 4.69) is 4.98 Å². The summed E-state index contributed by atoms with van der Waals surface area (Å²) in [5.74, 6) is -0.404. The number of halogens is 1. The molecule has 3 rings (SSSR count). The number of aromatic amines is 1. The third-order valence-corrected chi connectivity index (χ3v) is 4.34. The monoisotopic (exact) mass is 331 g/mol. The molecule has 24 heavy (non-hydrogen) atoms. The molecule has 0 aliphatic carbocycles. The molecular weight excluding hydrogens is 309 g/mol. The zero-order valence-corrected chi connectivity index (χ0v) is 14.2. The topological polar surface area (TPSA) is 56.4 Å². The Labute approximate surface area is 140 Å². The molecule has 2 amide bonds. The normalized spacial score (nSPS) is 15.8. The van der Waals surface area contributed by atoms with E-state index in [-0.39, 0.29) is 17.6 Å². The second-order valence-electron chi connectivity index (χ2n) is 7.22.